The lowest BCUT2D eigenvalue weighted by molar-refractivity contribution is -0.933. The van der Waals surface area contributed by atoms with E-state index in [0.29, 0.717) is 44.4 Å². The monoisotopic (exact) mass is 415 g/mol. The molecule has 0 radical (unpaired) electrons. The summed E-state index contributed by atoms with van der Waals surface area (Å²) in [6, 6.07) is 7.28. The van der Waals surface area contributed by atoms with E-state index in [4.69, 9.17) is 14.2 Å². The van der Waals surface area contributed by atoms with Gasteiger partial charge in [-0.05, 0) is 41.6 Å². The van der Waals surface area contributed by atoms with Gasteiger partial charge in [-0.2, -0.15) is 0 Å². The Morgan fingerprint density at radius 3 is 2.90 bits per heavy atom. The molecule has 1 aromatic carbocycles. The maximum Gasteiger partial charge on any atom is 0.258 e. The van der Waals surface area contributed by atoms with Crippen LogP contribution in [-0.2, 0) is 16.0 Å². The van der Waals surface area contributed by atoms with Crippen LogP contribution in [0.5, 0.6) is 5.75 Å². The van der Waals surface area contributed by atoms with E-state index in [1.807, 2.05) is 31.2 Å². The molecule has 1 saturated heterocycles. The second kappa shape index (κ2) is 9.33. The molecule has 0 saturated carbocycles. The quantitative estimate of drug-likeness (QED) is 0.514. The average molecular weight is 415 g/mol. The van der Waals surface area contributed by atoms with E-state index in [9.17, 15) is 4.79 Å². The molecule has 160 valence electrons. The summed E-state index contributed by atoms with van der Waals surface area (Å²) in [6.07, 6.45) is 0. The first kappa shape index (κ1) is 20.5. The van der Waals surface area contributed by atoms with Crippen LogP contribution in [0.2, 0.25) is 0 Å². The summed E-state index contributed by atoms with van der Waals surface area (Å²) in [4.78, 5) is 17.3. The standard InChI is InChI=1S/C20H26N6O4/c1-3-30-15-4-5-17-14(12-15)13-16(20(27)21-17)18(25-6-10-29-11-7-25)19-22-23-24-26(19)8-9-28-2/h4-5,12-13,18H,3,6-11H2,1-2H3,(H,21,27)/p+1/t18-/m1/s1. The van der Waals surface area contributed by atoms with Crippen LogP contribution in [0.25, 0.3) is 10.9 Å². The zero-order chi connectivity index (χ0) is 20.9. The Morgan fingerprint density at radius 1 is 1.30 bits per heavy atom. The predicted molar refractivity (Wildman–Crippen MR) is 109 cm³/mol. The highest BCUT2D eigenvalue weighted by Gasteiger charge is 2.35. The van der Waals surface area contributed by atoms with E-state index in [-0.39, 0.29) is 11.6 Å². The molecule has 10 nitrogen and oxygen atoms in total. The molecule has 2 aromatic heterocycles. The highest BCUT2D eigenvalue weighted by atomic mass is 16.5. The molecular weight excluding hydrogens is 388 g/mol. The number of H-pyrrole nitrogens is 1. The van der Waals surface area contributed by atoms with Gasteiger partial charge in [0.2, 0.25) is 5.82 Å². The number of pyridine rings is 1. The second-order valence-corrected chi connectivity index (χ2v) is 7.19. The molecule has 0 unspecified atom stereocenters. The largest absolute Gasteiger partial charge is 0.494 e. The van der Waals surface area contributed by atoms with Crippen LogP contribution < -0.4 is 15.2 Å². The van der Waals surface area contributed by atoms with Gasteiger partial charge in [-0.3, -0.25) is 4.79 Å². The van der Waals surface area contributed by atoms with E-state index < -0.39 is 0 Å². The number of morpholine rings is 1. The lowest BCUT2D eigenvalue weighted by atomic mass is 10.0. The van der Waals surface area contributed by atoms with E-state index in [2.05, 4.69) is 20.5 Å². The van der Waals surface area contributed by atoms with Crippen LogP contribution >= 0.6 is 0 Å². The zero-order valence-electron chi connectivity index (χ0n) is 17.3. The van der Waals surface area contributed by atoms with Crippen molar-refractivity contribution in [2.24, 2.45) is 0 Å². The lowest BCUT2D eigenvalue weighted by Gasteiger charge is -2.30. The fourth-order valence-electron chi connectivity index (χ4n) is 3.89. The Balaban J connectivity index is 1.82. The number of nitrogens with zero attached hydrogens (tertiary/aromatic N) is 4. The van der Waals surface area contributed by atoms with Crippen molar-refractivity contribution >= 4 is 10.9 Å². The minimum absolute atomic E-state index is 0.142. The van der Waals surface area contributed by atoms with Crippen LogP contribution in [0, 0.1) is 0 Å². The van der Waals surface area contributed by atoms with E-state index in [0.717, 1.165) is 29.7 Å². The van der Waals surface area contributed by atoms with Gasteiger partial charge < -0.3 is 24.1 Å². The maximum absolute atomic E-state index is 13.1. The van der Waals surface area contributed by atoms with Crippen molar-refractivity contribution in [2.75, 3.05) is 46.6 Å². The second-order valence-electron chi connectivity index (χ2n) is 7.19. The highest BCUT2D eigenvalue weighted by molar-refractivity contribution is 5.80. The van der Waals surface area contributed by atoms with Gasteiger partial charge >= 0.3 is 0 Å². The molecule has 1 atom stereocenters. The van der Waals surface area contributed by atoms with Gasteiger partial charge in [0, 0.05) is 18.0 Å². The zero-order valence-corrected chi connectivity index (χ0v) is 17.3. The molecule has 4 rings (SSSR count). The van der Waals surface area contributed by atoms with Gasteiger partial charge in [0.1, 0.15) is 18.8 Å². The molecule has 3 heterocycles. The number of fused-ring (bicyclic) bond motifs is 1. The fourth-order valence-corrected chi connectivity index (χ4v) is 3.89. The molecule has 1 aliphatic heterocycles. The third-order valence-electron chi connectivity index (χ3n) is 5.33. The molecule has 0 spiro atoms. The number of aromatic amines is 1. The molecule has 1 aliphatic rings. The minimum Gasteiger partial charge on any atom is -0.494 e. The smallest absolute Gasteiger partial charge is 0.258 e. The summed E-state index contributed by atoms with van der Waals surface area (Å²) < 4.78 is 18.1. The van der Waals surface area contributed by atoms with E-state index in [1.165, 1.54) is 4.90 Å². The molecule has 2 N–H and O–H groups in total. The molecule has 0 aliphatic carbocycles. The number of ether oxygens (including phenoxy) is 3. The van der Waals surface area contributed by atoms with Crippen molar-refractivity contribution in [3.05, 3.63) is 46.0 Å². The lowest BCUT2D eigenvalue weighted by Crippen LogP contribution is -3.14. The van der Waals surface area contributed by atoms with Gasteiger partial charge in [0.25, 0.3) is 5.56 Å². The normalized spacial score (nSPS) is 16.1. The summed E-state index contributed by atoms with van der Waals surface area (Å²) in [5.74, 6) is 1.41. The number of methoxy groups -OCH3 is 1. The fraction of sp³-hybridized carbons (Fsp3) is 0.500. The van der Waals surface area contributed by atoms with Crippen molar-refractivity contribution in [3.8, 4) is 5.75 Å². The molecule has 3 aromatic rings. The van der Waals surface area contributed by atoms with E-state index in [1.54, 1.807) is 11.8 Å². The van der Waals surface area contributed by atoms with Crippen LogP contribution in [0.3, 0.4) is 0 Å². The van der Waals surface area contributed by atoms with Gasteiger partial charge in [-0.15, -0.1) is 5.10 Å². The third kappa shape index (κ3) is 4.20. The minimum atomic E-state index is -0.315. The number of nitrogens with one attached hydrogen (secondary N) is 2. The first-order valence-corrected chi connectivity index (χ1v) is 10.2. The van der Waals surface area contributed by atoms with Gasteiger partial charge in [0.15, 0.2) is 6.04 Å². The number of aromatic nitrogens is 5. The van der Waals surface area contributed by atoms with Gasteiger partial charge in [-0.1, -0.05) is 0 Å². The van der Waals surface area contributed by atoms with Crippen molar-refractivity contribution in [3.63, 3.8) is 0 Å². The Kier molecular flexibility index (Phi) is 6.36. The van der Waals surface area contributed by atoms with Crippen molar-refractivity contribution in [1.29, 1.82) is 0 Å². The predicted octanol–water partition coefficient (Wildman–Crippen LogP) is -0.436. The average Bonchev–Trinajstić information content (AvgIpc) is 3.22. The number of benzene rings is 1. The van der Waals surface area contributed by atoms with Crippen molar-refractivity contribution in [2.45, 2.75) is 19.5 Å². The van der Waals surface area contributed by atoms with Crippen LogP contribution in [0.4, 0.5) is 0 Å². The number of hydrogen-bond donors (Lipinski definition) is 2. The number of quaternary nitrogens is 1. The van der Waals surface area contributed by atoms with E-state index >= 15 is 0 Å². The molecular formula is C20H27N6O4+. The summed E-state index contributed by atoms with van der Waals surface area (Å²) in [5, 5.41) is 13.2. The molecule has 1 fully saturated rings. The summed E-state index contributed by atoms with van der Waals surface area (Å²) in [5.41, 5.74) is 1.25. The van der Waals surface area contributed by atoms with Crippen LogP contribution in [0.15, 0.2) is 29.1 Å². The highest BCUT2D eigenvalue weighted by Crippen LogP contribution is 2.22. The third-order valence-corrected chi connectivity index (χ3v) is 5.33. The Labute approximate surface area is 173 Å². The first-order valence-electron chi connectivity index (χ1n) is 10.2. The Morgan fingerprint density at radius 2 is 2.13 bits per heavy atom. The van der Waals surface area contributed by atoms with Crippen molar-refractivity contribution < 1.29 is 19.1 Å². The number of rotatable bonds is 8. The maximum atomic E-state index is 13.1. The van der Waals surface area contributed by atoms with Crippen molar-refractivity contribution in [1.82, 2.24) is 25.2 Å². The Hall–Kier alpha value is -2.82. The SMILES string of the molecule is CCOc1ccc2[nH]c(=O)c([C@H](c3nnnn3CCOC)[NH+]3CCOCC3)cc2c1. The van der Waals surface area contributed by atoms with Gasteiger partial charge in [0.05, 0.1) is 38.5 Å². The molecule has 10 heteroatoms. The first-order chi connectivity index (χ1) is 14.7. The summed E-state index contributed by atoms with van der Waals surface area (Å²) >= 11 is 0. The number of hydrogen-bond acceptors (Lipinski definition) is 7. The Bertz CT molecular complexity index is 1040. The van der Waals surface area contributed by atoms with Crippen LogP contribution in [0.1, 0.15) is 24.4 Å². The summed E-state index contributed by atoms with van der Waals surface area (Å²) in [7, 11) is 1.64. The molecule has 0 amide bonds. The molecule has 30 heavy (non-hydrogen) atoms. The topological polar surface area (TPSA) is 109 Å². The van der Waals surface area contributed by atoms with Gasteiger partial charge in [-0.25, -0.2) is 4.68 Å². The number of tetrazole rings is 1. The molecule has 0 bridgehead atoms. The summed E-state index contributed by atoms with van der Waals surface area (Å²) in [6.45, 7) is 6.30. The van der Waals surface area contributed by atoms with Crippen LogP contribution in [-0.4, -0.2) is 71.8 Å².